The van der Waals surface area contributed by atoms with E-state index >= 15 is 0 Å². The molecule has 0 saturated heterocycles. The maximum Gasteiger partial charge on any atom is 0.309 e. The lowest BCUT2D eigenvalue weighted by atomic mass is 9.87. The Morgan fingerprint density at radius 2 is 0.731 bits per heavy atom. The van der Waals surface area contributed by atoms with Gasteiger partial charge < -0.3 is 14.2 Å². The lowest BCUT2D eigenvalue weighted by Gasteiger charge is -2.25. The third-order valence-electron chi connectivity index (χ3n) is 13.6. The molecular formula is C60H93NO6. The van der Waals surface area contributed by atoms with Gasteiger partial charge in [0.2, 0.25) is 0 Å². The van der Waals surface area contributed by atoms with E-state index in [-0.39, 0.29) is 55.5 Å². The van der Waals surface area contributed by atoms with E-state index in [1.54, 1.807) is 0 Å². The summed E-state index contributed by atoms with van der Waals surface area (Å²) >= 11 is 0. The van der Waals surface area contributed by atoms with Crippen LogP contribution in [0.15, 0.2) is 105 Å². The molecule has 0 amide bonds. The van der Waals surface area contributed by atoms with Crippen LogP contribution in [0, 0.1) is 17.8 Å². The number of nitrogens with zero attached hydrogens (tertiary/aromatic N) is 1. The minimum atomic E-state index is -0.145. The molecule has 0 spiro atoms. The van der Waals surface area contributed by atoms with E-state index in [0.717, 1.165) is 135 Å². The van der Waals surface area contributed by atoms with E-state index in [1.807, 2.05) is 0 Å². The van der Waals surface area contributed by atoms with Gasteiger partial charge in [-0.3, -0.25) is 19.3 Å². The Balaban J connectivity index is 1.46. The zero-order chi connectivity index (χ0) is 48.8. The van der Waals surface area contributed by atoms with Gasteiger partial charge in [0.1, 0.15) is 19.8 Å². The second-order valence-electron chi connectivity index (χ2n) is 20.6. The third-order valence-corrected chi connectivity index (χ3v) is 13.6. The van der Waals surface area contributed by atoms with Crippen LogP contribution in [0.4, 0.5) is 0 Å². The summed E-state index contributed by atoms with van der Waals surface area (Å²) in [5.41, 5.74) is 12.8. The quantitative estimate of drug-likeness (QED) is 0.0403. The molecule has 3 atom stereocenters. The Morgan fingerprint density at radius 3 is 0.970 bits per heavy atom. The standard InChI is InChI=1S/C60H93NO6/c1-46(2)16-10-19-49(7)22-13-25-52-28-34-55(35-29-52)58(62)65-43-40-61(41-44-66-59(63)56-36-30-53(31-37-56)26-14-23-50(8)20-11-17-47(3)4)42-45-67-60(64)57-38-32-54(33-39-57)27-15-24-51(9)21-12-18-48(5)6/h16-18,22-24,28,30,32,55-57H,10-15,19-21,25-27,29,31,33-45H2,1-9H3/b49-22+,50-23+,51-24+. The molecule has 7 heteroatoms. The fourth-order valence-corrected chi connectivity index (χ4v) is 9.09. The summed E-state index contributed by atoms with van der Waals surface area (Å²) < 4.78 is 17.5. The van der Waals surface area contributed by atoms with Crippen molar-refractivity contribution in [3.05, 3.63) is 105 Å². The van der Waals surface area contributed by atoms with Crippen molar-refractivity contribution in [2.24, 2.45) is 17.8 Å². The summed E-state index contributed by atoms with van der Waals surface area (Å²) in [7, 11) is 0. The Kier molecular flexibility index (Phi) is 28.7. The first kappa shape index (κ1) is 57.3. The highest BCUT2D eigenvalue weighted by molar-refractivity contribution is 5.74. The van der Waals surface area contributed by atoms with Crippen LogP contribution in [0.25, 0.3) is 0 Å². The highest BCUT2D eigenvalue weighted by atomic mass is 16.5. The van der Waals surface area contributed by atoms with E-state index < -0.39 is 0 Å². The van der Waals surface area contributed by atoms with Gasteiger partial charge >= 0.3 is 17.9 Å². The van der Waals surface area contributed by atoms with Gasteiger partial charge in [-0.1, -0.05) is 105 Å². The molecule has 0 bridgehead atoms. The Morgan fingerprint density at radius 1 is 0.448 bits per heavy atom. The number of ether oxygens (including phenoxy) is 3. The van der Waals surface area contributed by atoms with Gasteiger partial charge in [-0.15, -0.1) is 0 Å². The highest BCUT2D eigenvalue weighted by Gasteiger charge is 2.26. The third kappa shape index (κ3) is 26.4. The topological polar surface area (TPSA) is 82.1 Å². The number of carbonyl (C=O) groups excluding carboxylic acids is 3. The van der Waals surface area contributed by atoms with E-state index in [4.69, 9.17) is 14.2 Å². The van der Waals surface area contributed by atoms with E-state index in [2.05, 4.69) is 122 Å². The average Bonchev–Trinajstić information content (AvgIpc) is 3.29. The van der Waals surface area contributed by atoms with Crippen molar-refractivity contribution < 1.29 is 28.6 Å². The normalized spacial score (nSPS) is 19.2. The summed E-state index contributed by atoms with van der Waals surface area (Å²) in [5.74, 6) is -0.790. The van der Waals surface area contributed by atoms with Gasteiger partial charge in [0.25, 0.3) is 0 Å². The van der Waals surface area contributed by atoms with Gasteiger partial charge in [0.15, 0.2) is 0 Å². The first-order valence-electron chi connectivity index (χ1n) is 26.3. The van der Waals surface area contributed by atoms with Crippen LogP contribution in [-0.2, 0) is 28.6 Å². The fraction of sp³-hybridized carbons (Fsp3) is 0.650. The van der Waals surface area contributed by atoms with Gasteiger partial charge in [-0.25, -0.2) is 0 Å². The number of carbonyl (C=O) groups is 3. The summed E-state index contributed by atoms with van der Waals surface area (Å²) in [6.07, 6.45) is 41.1. The lowest BCUT2D eigenvalue weighted by Crippen LogP contribution is -2.36. The van der Waals surface area contributed by atoms with Crippen molar-refractivity contribution in [3.8, 4) is 0 Å². The summed E-state index contributed by atoms with van der Waals surface area (Å²) in [4.78, 5) is 41.7. The molecule has 67 heavy (non-hydrogen) atoms. The molecule has 0 aliphatic heterocycles. The molecule has 374 valence electrons. The van der Waals surface area contributed by atoms with Crippen molar-refractivity contribution >= 4 is 17.9 Å². The zero-order valence-corrected chi connectivity index (χ0v) is 43.9. The smallest absolute Gasteiger partial charge is 0.309 e. The van der Waals surface area contributed by atoms with Crippen LogP contribution in [0.1, 0.15) is 197 Å². The predicted octanol–water partition coefficient (Wildman–Crippen LogP) is 15.5. The molecule has 3 unspecified atom stereocenters. The lowest BCUT2D eigenvalue weighted by molar-refractivity contribution is -0.150. The minimum absolute atomic E-state index is 0.119. The molecule has 3 aliphatic rings. The van der Waals surface area contributed by atoms with E-state index in [1.165, 1.54) is 50.2 Å². The van der Waals surface area contributed by atoms with Gasteiger partial charge in [0.05, 0.1) is 17.8 Å². The second kappa shape index (κ2) is 33.5. The number of esters is 3. The Labute approximate surface area is 409 Å². The first-order chi connectivity index (χ1) is 32.2. The molecular weight excluding hydrogens is 831 g/mol. The van der Waals surface area contributed by atoms with Gasteiger partial charge in [-0.05, 0) is 197 Å². The maximum absolute atomic E-state index is 13.2. The SMILES string of the molecule is CC(C)=CCC/C(C)=C/CCC1=CCC(C(=O)OCCN(CCOC(=O)C2CC=C(CC/C=C(\C)CCC=C(C)C)CC2)CCOC(=O)C2CC=C(CC/C=C(\C)CCC=C(C)C)CC2)CC1. The second-order valence-corrected chi connectivity index (χ2v) is 20.6. The molecule has 3 rings (SSSR count). The molecule has 0 heterocycles. The zero-order valence-electron chi connectivity index (χ0n) is 43.9. The minimum Gasteiger partial charge on any atom is -0.464 e. The molecule has 3 aliphatic carbocycles. The molecule has 0 aromatic heterocycles. The molecule has 7 nitrogen and oxygen atoms in total. The van der Waals surface area contributed by atoms with Gasteiger partial charge in [0, 0.05) is 19.6 Å². The van der Waals surface area contributed by atoms with Crippen LogP contribution in [0.5, 0.6) is 0 Å². The highest BCUT2D eigenvalue weighted by Crippen LogP contribution is 2.30. The van der Waals surface area contributed by atoms with Crippen LogP contribution < -0.4 is 0 Å². The summed E-state index contributed by atoms with van der Waals surface area (Å²) in [6.45, 7) is 21.7. The first-order valence-corrected chi connectivity index (χ1v) is 26.3. The Hall–Kier alpha value is -3.97. The van der Waals surface area contributed by atoms with Crippen molar-refractivity contribution in [2.45, 2.75) is 197 Å². The average molecular weight is 924 g/mol. The van der Waals surface area contributed by atoms with Crippen molar-refractivity contribution in [3.63, 3.8) is 0 Å². The molecule has 0 radical (unpaired) electrons. The van der Waals surface area contributed by atoms with Crippen molar-refractivity contribution in [1.29, 1.82) is 0 Å². The summed E-state index contributed by atoms with van der Waals surface area (Å²) in [6, 6.07) is 0. The van der Waals surface area contributed by atoms with Gasteiger partial charge in [-0.2, -0.15) is 0 Å². The molecule has 0 aromatic rings. The van der Waals surface area contributed by atoms with Crippen LogP contribution in [0.2, 0.25) is 0 Å². The van der Waals surface area contributed by atoms with Crippen LogP contribution in [0.3, 0.4) is 0 Å². The van der Waals surface area contributed by atoms with E-state index in [0.29, 0.717) is 19.6 Å². The number of hydrogen-bond acceptors (Lipinski definition) is 7. The van der Waals surface area contributed by atoms with Crippen molar-refractivity contribution in [1.82, 2.24) is 4.90 Å². The molecule has 0 aromatic carbocycles. The maximum atomic E-state index is 13.2. The fourth-order valence-electron chi connectivity index (χ4n) is 9.09. The largest absolute Gasteiger partial charge is 0.464 e. The predicted molar refractivity (Wildman–Crippen MR) is 281 cm³/mol. The molecule has 0 fully saturated rings. The number of rotatable bonds is 30. The monoisotopic (exact) mass is 924 g/mol. The van der Waals surface area contributed by atoms with Crippen LogP contribution in [-0.4, -0.2) is 62.3 Å². The van der Waals surface area contributed by atoms with E-state index in [9.17, 15) is 14.4 Å². The molecule has 0 N–H and O–H groups in total. The van der Waals surface area contributed by atoms with Crippen LogP contribution >= 0.6 is 0 Å². The summed E-state index contributed by atoms with van der Waals surface area (Å²) in [5, 5.41) is 0. The number of allylic oxidation sites excluding steroid dienone is 18. The molecule has 0 saturated carbocycles. The van der Waals surface area contributed by atoms with Crippen molar-refractivity contribution in [2.75, 3.05) is 39.5 Å². The Bertz CT molecular complexity index is 1610. The number of hydrogen-bond donors (Lipinski definition) is 0.